The number of aromatic nitrogens is 1. The summed E-state index contributed by atoms with van der Waals surface area (Å²) < 4.78 is 0. The molecule has 1 N–H and O–H groups in total. The molecule has 2 fully saturated rings. The Balaban J connectivity index is 1.29. The maximum atomic E-state index is 15.0. The summed E-state index contributed by atoms with van der Waals surface area (Å²) in [4.78, 5) is 23.7. The van der Waals surface area contributed by atoms with Crippen molar-refractivity contribution < 1.29 is 9.90 Å². The largest absolute Gasteiger partial charge is 0.378 e. The lowest BCUT2D eigenvalue weighted by molar-refractivity contribution is -0.000597. The van der Waals surface area contributed by atoms with Crippen molar-refractivity contribution in [2.24, 2.45) is 0 Å². The van der Waals surface area contributed by atoms with Crippen LogP contribution in [0.1, 0.15) is 47.2 Å². The van der Waals surface area contributed by atoms with Gasteiger partial charge in [-0.15, -0.1) is 0 Å². The third-order valence-electron chi connectivity index (χ3n) is 11.6. The molecule has 5 nitrogen and oxygen atoms in total. The van der Waals surface area contributed by atoms with E-state index >= 15 is 4.79 Å². The number of anilines is 1. The van der Waals surface area contributed by atoms with Crippen molar-refractivity contribution in [3.8, 4) is 44.5 Å². The highest BCUT2D eigenvalue weighted by Gasteiger charge is 2.48. The highest BCUT2D eigenvalue weighted by atomic mass is 16.3. The Hall–Kier alpha value is -6.30. The smallest absolute Gasteiger partial charge is 0.257 e. The average molecular weight is 732 g/mol. The van der Waals surface area contributed by atoms with E-state index in [1.807, 2.05) is 35.2 Å². The Labute approximate surface area is 329 Å². The lowest BCUT2D eigenvalue weighted by Crippen LogP contribution is -2.50. The number of carbonyl (C=O) groups is 1. The molecule has 56 heavy (non-hydrogen) atoms. The predicted molar refractivity (Wildman–Crippen MR) is 227 cm³/mol. The second-order valence-electron chi connectivity index (χ2n) is 15.1. The van der Waals surface area contributed by atoms with Crippen LogP contribution in [0, 0.1) is 0 Å². The molecule has 1 amide bonds. The molecule has 2 saturated heterocycles. The van der Waals surface area contributed by atoms with Gasteiger partial charge in [-0.05, 0) is 124 Å². The van der Waals surface area contributed by atoms with E-state index in [9.17, 15) is 5.11 Å². The van der Waals surface area contributed by atoms with E-state index in [-0.39, 0.29) is 5.91 Å². The monoisotopic (exact) mass is 731 g/mol. The van der Waals surface area contributed by atoms with Gasteiger partial charge in [0.25, 0.3) is 5.91 Å². The maximum absolute atomic E-state index is 15.0. The minimum absolute atomic E-state index is 0.0917. The number of rotatable bonds is 9. The van der Waals surface area contributed by atoms with Gasteiger partial charge in [-0.25, -0.2) is 0 Å². The maximum Gasteiger partial charge on any atom is 0.257 e. The van der Waals surface area contributed by atoms with Gasteiger partial charge in [0.1, 0.15) is 5.60 Å². The zero-order valence-corrected chi connectivity index (χ0v) is 31.5. The van der Waals surface area contributed by atoms with E-state index < -0.39 is 11.6 Å². The highest BCUT2D eigenvalue weighted by molar-refractivity contribution is 6.00. The number of hydrogen-bond donors (Lipinski definition) is 1. The van der Waals surface area contributed by atoms with Gasteiger partial charge < -0.3 is 14.9 Å². The summed E-state index contributed by atoms with van der Waals surface area (Å²) in [6.07, 6.45) is 7.11. The molecule has 0 bridgehead atoms. The van der Waals surface area contributed by atoms with Crippen molar-refractivity contribution in [3.63, 3.8) is 0 Å². The molecule has 1 atom stereocenters. The summed E-state index contributed by atoms with van der Waals surface area (Å²) in [6.45, 7) is 2.37. The summed E-state index contributed by atoms with van der Waals surface area (Å²) >= 11 is 0. The summed E-state index contributed by atoms with van der Waals surface area (Å²) in [7, 11) is 0. The lowest BCUT2D eigenvalue weighted by Gasteiger charge is -2.41. The van der Waals surface area contributed by atoms with Crippen LogP contribution in [0.3, 0.4) is 0 Å². The molecule has 2 aliphatic rings. The molecule has 9 rings (SSSR count). The number of pyridine rings is 1. The van der Waals surface area contributed by atoms with Gasteiger partial charge >= 0.3 is 0 Å². The van der Waals surface area contributed by atoms with E-state index in [1.54, 1.807) is 12.4 Å². The average Bonchev–Trinajstić information content (AvgIpc) is 4.01. The van der Waals surface area contributed by atoms with Crippen molar-refractivity contribution in [1.82, 2.24) is 9.88 Å². The third-order valence-corrected chi connectivity index (χ3v) is 11.6. The number of amides is 1. The molecule has 2 aliphatic heterocycles. The van der Waals surface area contributed by atoms with Crippen LogP contribution in [0.15, 0.2) is 176 Å². The minimum atomic E-state index is -1.61. The topological polar surface area (TPSA) is 56.7 Å². The zero-order chi connectivity index (χ0) is 37.9. The molecule has 276 valence electrons. The number of hydrogen-bond acceptors (Lipinski definition) is 4. The Kier molecular flexibility index (Phi) is 9.77. The van der Waals surface area contributed by atoms with Gasteiger partial charge in [-0.2, -0.15) is 0 Å². The first-order valence-electron chi connectivity index (χ1n) is 19.8. The molecule has 0 unspecified atom stereocenters. The van der Waals surface area contributed by atoms with Crippen LogP contribution >= 0.6 is 0 Å². The predicted octanol–water partition coefficient (Wildman–Crippen LogP) is 10.9. The van der Waals surface area contributed by atoms with Crippen LogP contribution in [-0.2, 0) is 5.60 Å². The van der Waals surface area contributed by atoms with Crippen molar-refractivity contribution in [2.45, 2.75) is 37.3 Å². The molecule has 1 aromatic heterocycles. The van der Waals surface area contributed by atoms with Crippen LogP contribution in [-0.4, -0.2) is 46.6 Å². The zero-order valence-electron chi connectivity index (χ0n) is 31.5. The van der Waals surface area contributed by atoms with E-state index in [2.05, 4.69) is 143 Å². The van der Waals surface area contributed by atoms with Crippen LogP contribution < -0.4 is 4.90 Å². The van der Waals surface area contributed by atoms with E-state index in [0.29, 0.717) is 18.5 Å². The van der Waals surface area contributed by atoms with Crippen molar-refractivity contribution >= 4 is 11.6 Å². The van der Waals surface area contributed by atoms with E-state index in [4.69, 9.17) is 0 Å². The lowest BCUT2D eigenvalue weighted by atomic mass is 9.75. The molecule has 0 radical (unpaired) electrons. The van der Waals surface area contributed by atoms with Crippen molar-refractivity contribution in [1.29, 1.82) is 0 Å². The van der Waals surface area contributed by atoms with Gasteiger partial charge in [-0.3, -0.25) is 9.78 Å². The Bertz CT molecular complexity index is 2200. The van der Waals surface area contributed by atoms with E-state index in [1.165, 1.54) is 0 Å². The fraction of sp³-hybridized carbons (Fsp3) is 0.176. The Morgan fingerprint density at radius 1 is 0.536 bits per heavy atom. The SMILES string of the molecule is O=C(c1cnccc1N1CCCC1)N1CCC[C@H]1C(O)(c1cc(-c2ccccc2)cc(-c2ccccc2)c1)c1cc(-c2ccccc2)cc(-c2ccccc2)c1. The molecule has 7 aromatic rings. The fourth-order valence-electron chi connectivity index (χ4n) is 8.82. The molecule has 5 heteroatoms. The van der Waals surface area contributed by atoms with Crippen LogP contribution in [0.4, 0.5) is 5.69 Å². The van der Waals surface area contributed by atoms with Crippen molar-refractivity contribution in [2.75, 3.05) is 24.5 Å². The van der Waals surface area contributed by atoms with Crippen LogP contribution in [0.25, 0.3) is 44.5 Å². The van der Waals surface area contributed by atoms with E-state index in [0.717, 1.165) is 93.7 Å². The summed E-state index contributed by atoms with van der Waals surface area (Å²) in [6, 6.07) is 55.8. The first-order valence-corrected chi connectivity index (χ1v) is 19.8. The second-order valence-corrected chi connectivity index (χ2v) is 15.1. The Morgan fingerprint density at radius 3 is 1.39 bits per heavy atom. The summed E-state index contributed by atoms with van der Waals surface area (Å²) in [5.74, 6) is -0.0917. The van der Waals surface area contributed by atoms with Crippen LogP contribution in [0.5, 0.6) is 0 Å². The summed E-state index contributed by atoms with van der Waals surface area (Å²) in [5.41, 5.74) is 9.64. The minimum Gasteiger partial charge on any atom is -0.378 e. The summed E-state index contributed by atoms with van der Waals surface area (Å²) in [5, 5.41) is 14.2. The molecule has 3 heterocycles. The molecule has 0 aliphatic carbocycles. The third kappa shape index (κ3) is 6.80. The number of aliphatic hydroxyl groups is 1. The highest BCUT2D eigenvalue weighted by Crippen LogP contribution is 2.46. The number of benzene rings is 6. The first-order chi connectivity index (χ1) is 27.6. The molecular weight excluding hydrogens is 687 g/mol. The van der Waals surface area contributed by atoms with Gasteiger partial charge in [-0.1, -0.05) is 121 Å². The van der Waals surface area contributed by atoms with Gasteiger partial charge in [0.05, 0.1) is 17.3 Å². The fourth-order valence-corrected chi connectivity index (χ4v) is 8.82. The van der Waals surface area contributed by atoms with Gasteiger partial charge in [0.15, 0.2) is 0 Å². The first kappa shape index (κ1) is 35.4. The Morgan fingerprint density at radius 2 is 0.964 bits per heavy atom. The molecule has 0 spiro atoms. The molecule has 0 saturated carbocycles. The van der Waals surface area contributed by atoms with Crippen molar-refractivity contribution in [3.05, 3.63) is 193 Å². The van der Waals surface area contributed by atoms with Gasteiger partial charge in [0, 0.05) is 32.0 Å². The number of nitrogens with zero attached hydrogens (tertiary/aromatic N) is 3. The normalized spacial score (nSPS) is 15.6. The number of carbonyl (C=O) groups excluding carboxylic acids is 1. The standard InChI is InChI=1S/C51H45N3O2/c55-50(47-36-52-26-25-48(47)53-27-13-14-28-53)54-29-15-24-49(54)51(56,45-32-41(37-16-5-1-6-17-37)30-42(33-45)38-18-7-2-8-19-38)46-34-43(39-20-9-3-10-21-39)31-44(35-46)40-22-11-4-12-23-40/h1-12,16-23,25-26,30-36,49,56H,13-15,24,27-29H2/t49-/m0/s1. The second kappa shape index (κ2) is 15.4. The quantitative estimate of drug-likeness (QED) is 0.161. The van der Waals surface area contributed by atoms with Crippen LogP contribution in [0.2, 0.25) is 0 Å². The van der Waals surface area contributed by atoms with Gasteiger partial charge in [0.2, 0.25) is 0 Å². The molecular formula is C51H45N3O2. The number of likely N-dealkylation sites (tertiary alicyclic amines) is 1. The molecule has 6 aromatic carbocycles.